The summed E-state index contributed by atoms with van der Waals surface area (Å²) in [6.45, 7) is 19.9. The predicted molar refractivity (Wildman–Crippen MR) is 388 cm³/mol. The summed E-state index contributed by atoms with van der Waals surface area (Å²) in [5.74, 6) is -0.393. The lowest BCUT2D eigenvalue weighted by atomic mass is 10.4. The van der Waals surface area contributed by atoms with Gasteiger partial charge in [0.25, 0.3) is 34.8 Å². The van der Waals surface area contributed by atoms with Crippen LogP contribution in [-0.4, -0.2) is 121 Å². The summed E-state index contributed by atoms with van der Waals surface area (Å²) in [6, 6.07) is 12.3. The first kappa shape index (κ1) is 91.5. The molecule has 11 heterocycles. The van der Waals surface area contributed by atoms with Crippen molar-refractivity contribution in [3.8, 4) is 42.5 Å². The summed E-state index contributed by atoms with van der Waals surface area (Å²) in [5, 5.41) is 111. The number of anilines is 6. The Morgan fingerprint density at radius 2 is 0.964 bits per heavy atom. The van der Waals surface area contributed by atoms with Gasteiger partial charge in [-0.15, -0.1) is 4.98 Å². The predicted octanol–water partition coefficient (Wildman–Crippen LogP) is 1.52. The van der Waals surface area contributed by atoms with E-state index >= 15 is 0 Å². The monoisotopic (exact) mass is 1810 g/mol. The lowest BCUT2D eigenvalue weighted by Crippen LogP contribution is -2.28. The number of primary amides is 2. The van der Waals surface area contributed by atoms with E-state index in [1.807, 2.05) is 12.1 Å². The number of nitrogens with one attached hydrogen (secondary N) is 3. The number of rotatable bonds is 2. The molecular weight excluding hydrogens is 1770 g/mol. The molecule has 11 aromatic rings. The molecule has 0 aliphatic carbocycles. The first-order valence-electron chi connectivity index (χ1n) is 27.0. The largest absolute Gasteiger partial charge is 0.619 e. The van der Waals surface area contributed by atoms with Gasteiger partial charge in [-0.2, -0.15) is 55.8 Å². The molecule has 11 aromatic heterocycles. The van der Waals surface area contributed by atoms with E-state index in [0.29, 0.717) is 32.7 Å². The Labute approximate surface area is 656 Å². The topological polar surface area (TPSA) is 826 Å². The molecule has 21 N–H and O–H groups in total. The van der Waals surface area contributed by atoms with E-state index in [4.69, 9.17) is 124 Å². The molecule has 2 amide bonds. The molecule has 0 atom stereocenters. The number of nitrogens with two attached hydrogens (primary N) is 8. The fourth-order valence-electron chi connectivity index (χ4n) is 5.25. The van der Waals surface area contributed by atoms with E-state index in [9.17, 15) is 24.8 Å². The molecular formula is C56H39Br5N42O7. The number of amides is 2. The van der Waals surface area contributed by atoms with Crippen LogP contribution in [0.4, 0.5) is 52.4 Å². The third-order valence-electron chi connectivity index (χ3n) is 9.95. The van der Waals surface area contributed by atoms with Gasteiger partial charge in [0.1, 0.15) is 66.6 Å². The number of carbonyl (C=O) groups is 2. The molecule has 0 aliphatic heterocycles. The van der Waals surface area contributed by atoms with Crippen LogP contribution in [-0.2, 0) is 0 Å². The molecule has 11 rings (SSSR count). The second-order valence-electron chi connectivity index (χ2n) is 17.2. The number of hydrogen-bond acceptors (Lipinski definition) is 39. The number of carbonyl (C=O) groups excluding carboxylic acids is 2. The fraction of sp³-hybridized carbons (Fsp3) is 0. The fourth-order valence-corrected chi connectivity index (χ4v) is 6.96. The summed E-state index contributed by atoms with van der Waals surface area (Å²) in [7, 11) is 0. The SMILES string of the molecule is N#Cc1nc(Br)cn(O)c1=N.N#Cc1nc(Br)cnc1N.N#Cc1nccn(O)c1=N.N#Cc1nccnc1N.NC(=O)c1c[n+]([O-])ccn1.NC(=O)c1cnccn1.Nc1c[n+]([O-])ccn1.Nc1ncc[nH]c1=O.[C-]#[N+]c1cnc(C#N)c(N)n1.[C-]#[N+]c1nc(Br)c(C#N)nc1Br.[C-]#[N+]c1nc(N)c(C#N)nc1Br. The van der Waals surface area contributed by atoms with Crippen molar-refractivity contribution in [2.24, 2.45) is 11.5 Å². The maximum atomic E-state index is 10.5. The Morgan fingerprint density at radius 1 is 0.482 bits per heavy atom. The third-order valence-corrected chi connectivity index (χ3v) is 12.3. The van der Waals surface area contributed by atoms with Gasteiger partial charge in [-0.1, -0.05) is 29.7 Å². The lowest BCUT2D eigenvalue weighted by Gasteiger charge is -1.97. The first-order chi connectivity index (χ1) is 52.2. The lowest BCUT2D eigenvalue weighted by molar-refractivity contribution is -0.606. The molecule has 0 radical (unpaired) electrons. The van der Waals surface area contributed by atoms with Crippen LogP contribution in [0.1, 0.15) is 60.8 Å². The van der Waals surface area contributed by atoms with Crippen molar-refractivity contribution in [3.63, 3.8) is 0 Å². The Kier molecular flexibility index (Phi) is 40.9. The van der Waals surface area contributed by atoms with Crippen LogP contribution in [0, 0.1) is 120 Å². The highest BCUT2D eigenvalue weighted by molar-refractivity contribution is 9.11. The van der Waals surface area contributed by atoms with E-state index in [-0.39, 0.29) is 129 Å². The second kappa shape index (κ2) is 49.2. The van der Waals surface area contributed by atoms with E-state index in [0.717, 1.165) is 6.20 Å². The number of halogens is 5. The molecule has 0 spiro atoms. The highest BCUT2D eigenvalue weighted by Gasteiger charge is 2.13. The van der Waals surface area contributed by atoms with Gasteiger partial charge < -0.3 is 86.2 Å². The Hall–Kier alpha value is -16.5. The number of aromatic amines is 1. The third kappa shape index (κ3) is 33.5. The van der Waals surface area contributed by atoms with Crippen molar-refractivity contribution in [1.82, 2.24) is 99.2 Å². The van der Waals surface area contributed by atoms with E-state index in [2.05, 4.69) is 184 Å². The highest BCUT2D eigenvalue weighted by atomic mass is 79.9. The number of hydrogen-bond donors (Lipinski definition) is 13. The first-order valence-corrected chi connectivity index (χ1v) is 31.0. The molecule has 0 bridgehead atoms. The molecule has 0 aromatic carbocycles. The minimum Gasteiger partial charge on any atom is -0.619 e. The van der Waals surface area contributed by atoms with Gasteiger partial charge in [0, 0.05) is 59.3 Å². The van der Waals surface area contributed by atoms with Crippen LogP contribution >= 0.6 is 79.6 Å². The zero-order valence-electron chi connectivity index (χ0n) is 54.2. The molecule has 0 aliphatic rings. The Bertz CT molecular complexity index is 5520. The Morgan fingerprint density at radius 3 is 1.40 bits per heavy atom. The average molecular weight is 1810 g/mol. The summed E-state index contributed by atoms with van der Waals surface area (Å²) in [4.78, 5) is 105. The van der Waals surface area contributed by atoms with E-state index < -0.39 is 11.8 Å². The highest BCUT2D eigenvalue weighted by Crippen LogP contribution is 2.25. The summed E-state index contributed by atoms with van der Waals surface area (Å²) < 4.78 is 3.77. The number of aromatic nitrogens is 22. The number of nitriles is 7. The van der Waals surface area contributed by atoms with Gasteiger partial charge in [-0.25, -0.2) is 59.8 Å². The van der Waals surface area contributed by atoms with Gasteiger partial charge in [0.15, 0.2) is 80.8 Å². The van der Waals surface area contributed by atoms with Crippen molar-refractivity contribution in [2.45, 2.75) is 0 Å². The van der Waals surface area contributed by atoms with Gasteiger partial charge in [-0.3, -0.25) is 35.2 Å². The number of nitrogens with zero attached hydrogens (tertiary/aromatic N) is 31. The van der Waals surface area contributed by atoms with Gasteiger partial charge in [0.2, 0.25) is 28.4 Å². The van der Waals surface area contributed by atoms with Crippen molar-refractivity contribution >= 4 is 144 Å². The van der Waals surface area contributed by atoms with Gasteiger partial charge in [0.05, 0.1) is 43.4 Å². The van der Waals surface area contributed by atoms with Crippen LogP contribution in [0.25, 0.3) is 14.5 Å². The maximum Gasteiger partial charge on any atom is 0.304 e. The van der Waals surface area contributed by atoms with Crippen molar-refractivity contribution in [2.75, 3.05) is 34.4 Å². The normalized spacial score (nSPS) is 8.75. The average Bonchev–Trinajstić information content (AvgIpc) is 0.861. The minimum absolute atomic E-state index is 0.000926. The van der Waals surface area contributed by atoms with Crippen molar-refractivity contribution < 1.29 is 29.5 Å². The standard InChI is InChI=1S/C6Br2N4.C6H2BrN5.C6H3N5.C5H3BrN4O.C5H3BrN4.C5H4N4O.C5H4N4.C5H5N3O2.C5H5N3O.2C4H5N3O/c1-10-6-5(8)11-3(2-9)4(7)12-6;1-10-6-4(7)11-3(2-8)5(9)12-6;1-9-5-3-10-4(2-7)6(8)11-5;6-4-2-10(11)5(8)3(1-7)9-4;6-4-2-9-5(8)3(1-7)10-4;6-3-4-5(7)9(10)2-1-8-4;6-3-4-5(7)9-2-1-8-4;6-5(9)4-3-8(10)2-1-7-4;6-5(9)4-3-7-1-2-8-4;5-4-3-7(8)2-1-6-4;5-3-4(8)7-2-1-6-3/h;(H2,9,12);3H,(H2,8,11);2,8,11H;2H,(H2,8,9);1-2,7,10H;1-2H,(H2,7,9);1-3H,(H2,6,9);1-3H,(H2,6,9);1-3H,(H2,5,6);1-2H,(H2,5,6)(H,7,8). The van der Waals surface area contributed by atoms with Crippen LogP contribution in [0.5, 0.6) is 0 Å². The van der Waals surface area contributed by atoms with Gasteiger partial charge >= 0.3 is 11.6 Å². The molecule has 0 saturated heterocycles. The summed E-state index contributed by atoms with van der Waals surface area (Å²) >= 11 is 15.1. The van der Waals surface area contributed by atoms with Crippen LogP contribution < -0.4 is 71.9 Å². The molecule has 0 fully saturated rings. The molecule has 550 valence electrons. The molecule has 54 heteroatoms. The second-order valence-corrected chi connectivity index (χ2v) is 21.1. The number of H-pyrrole nitrogens is 1. The zero-order valence-corrected chi connectivity index (χ0v) is 62.1. The molecule has 0 saturated carbocycles. The van der Waals surface area contributed by atoms with E-state index in [1.165, 1.54) is 105 Å². The van der Waals surface area contributed by atoms with Crippen molar-refractivity contribution in [3.05, 3.63) is 252 Å². The Balaban J connectivity index is 0.000000606. The van der Waals surface area contributed by atoms with Crippen molar-refractivity contribution in [1.29, 1.82) is 47.7 Å². The zero-order chi connectivity index (χ0) is 83.0. The van der Waals surface area contributed by atoms with Gasteiger partial charge in [-0.05, 0) is 63.7 Å². The molecule has 110 heavy (non-hydrogen) atoms. The smallest absolute Gasteiger partial charge is 0.304 e. The molecule has 49 nitrogen and oxygen atoms in total. The van der Waals surface area contributed by atoms with E-state index in [1.54, 1.807) is 30.3 Å². The quantitative estimate of drug-likeness (QED) is 0.0505. The minimum atomic E-state index is -0.704. The maximum absolute atomic E-state index is 10.5. The number of nitrogen functional groups attached to an aromatic ring is 6. The summed E-state index contributed by atoms with van der Waals surface area (Å²) in [6.07, 6.45) is 23.4. The summed E-state index contributed by atoms with van der Waals surface area (Å²) in [5.41, 5.74) is 40.5. The van der Waals surface area contributed by atoms with Crippen LogP contribution in [0.2, 0.25) is 0 Å². The molecule has 0 unspecified atom stereocenters. The van der Waals surface area contributed by atoms with Crippen LogP contribution in [0.15, 0.2) is 139 Å². The van der Waals surface area contributed by atoms with Crippen LogP contribution in [0.3, 0.4) is 0 Å².